The lowest BCUT2D eigenvalue weighted by molar-refractivity contribution is 0.581. The van der Waals surface area contributed by atoms with Crippen molar-refractivity contribution < 1.29 is 8.42 Å². The second-order valence-corrected chi connectivity index (χ2v) is 7.48. The molecule has 1 aromatic carbocycles. The first-order chi connectivity index (χ1) is 9.40. The molecule has 20 heavy (non-hydrogen) atoms. The molecule has 0 saturated carbocycles. The van der Waals surface area contributed by atoms with Gasteiger partial charge in [0.15, 0.2) is 0 Å². The van der Waals surface area contributed by atoms with Crippen LogP contribution in [0, 0.1) is 6.92 Å². The van der Waals surface area contributed by atoms with Crippen LogP contribution in [0.4, 0.5) is 0 Å². The maximum absolute atomic E-state index is 12.2. The summed E-state index contributed by atoms with van der Waals surface area (Å²) in [6, 6.07) is 8.49. The van der Waals surface area contributed by atoms with E-state index >= 15 is 0 Å². The molecule has 0 spiro atoms. The first kappa shape index (κ1) is 15.1. The molecule has 3 N–H and O–H groups in total. The normalized spacial score (nSPS) is 11.4. The molecule has 0 unspecified atom stereocenters. The zero-order chi connectivity index (χ0) is 14.8. The summed E-state index contributed by atoms with van der Waals surface area (Å²) in [7, 11) is -3.53. The van der Waals surface area contributed by atoms with E-state index in [0.717, 1.165) is 10.4 Å². The van der Waals surface area contributed by atoms with Crippen molar-refractivity contribution in [2.24, 2.45) is 5.73 Å². The van der Waals surface area contributed by atoms with Crippen molar-refractivity contribution in [2.45, 2.75) is 18.4 Å². The summed E-state index contributed by atoms with van der Waals surface area (Å²) in [4.78, 5) is 1.44. The third-order valence-electron chi connectivity index (χ3n) is 2.79. The number of sulfonamides is 1. The minimum atomic E-state index is -3.53. The summed E-state index contributed by atoms with van der Waals surface area (Å²) in [6.45, 7) is 2.07. The molecule has 2 aromatic rings. The monoisotopic (exact) mass is 326 g/mol. The van der Waals surface area contributed by atoms with Crippen molar-refractivity contribution in [3.05, 3.63) is 51.7 Å². The lowest BCUT2D eigenvalue weighted by Gasteiger charge is -2.09. The minimum Gasteiger partial charge on any atom is -0.389 e. The van der Waals surface area contributed by atoms with Crippen molar-refractivity contribution in [3.63, 3.8) is 0 Å². The van der Waals surface area contributed by atoms with Crippen LogP contribution in [0.15, 0.2) is 40.6 Å². The fraction of sp³-hybridized carbons (Fsp3) is 0.154. The van der Waals surface area contributed by atoms with Crippen LogP contribution >= 0.6 is 23.6 Å². The maximum atomic E-state index is 12.2. The van der Waals surface area contributed by atoms with Crippen molar-refractivity contribution >= 4 is 38.6 Å². The smallest absolute Gasteiger partial charge is 0.240 e. The predicted molar refractivity (Wildman–Crippen MR) is 85.4 cm³/mol. The van der Waals surface area contributed by atoms with Crippen molar-refractivity contribution in [3.8, 4) is 0 Å². The molecule has 0 amide bonds. The Morgan fingerprint density at radius 2 is 2.15 bits per heavy atom. The molecule has 0 aliphatic carbocycles. The van der Waals surface area contributed by atoms with E-state index in [4.69, 9.17) is 18.0 Å². The van der Waals surface area contributed by atoms with Crippen LogP contribution in [0.5, 0.6) is 0 Å². The van der Waals surface area contributed by atoms with Gasteiger partial charge in [-0.2, -0.15) is 0 Å². The Labute approximate surface area is 127 Å². The highest BCUT2D eigenvalue weighted by Gasteiger charge is 2.15. The van der Waals surface area contributed by atoms with Gasteiger partial charge in [-0.3, -0.25) is 0 Å². The minimum absolute atomic E-state index is 0.214. The largest absolute Gasteiger partial charge is 0.389 e. The van der Waals surface area contributed by atoms with E-state index in [1.165, 1.54) is 17.4 Å². The molecule has 0 atom stereocenters. The van der Waals surface area contributed by atoms with Crippen molar-refractivity contribution in [2.75, 3.05) is 0 Å². The zero-order valence-electron chi connectivity index (χ0n) is 10.8. The second kappa shape index (κ2) is 6.01. The number of hydrogen-bond acceptors (Lipinski definition) is 4. The standard InChI is InChI=1S/C13H14N2O2S3/c1-9-7-11(4-5-12(9)13(14)18)20(16,17)15-8-10-3-2-6-19-10/h2-7,15H,8H2,1H3,(H2,14,18). The Kier molecular flexibility index (Phi) is 4.54. The molecule has 106 valence electrons. The van der Waals surface area contributed by atoms with Gasteiger partial charge in [-0.05, 0) is 36.1 Å². The van der Waals surface area contributed by atoms with Gasteiger partial charge in [0, 0.05) is 17.0 Å². The Bertz CT molecular complexity index is 722. The molecule has 7 heteroatoms. The predicted octanol–water partition coefficient (Wildman–Crippen LogP) is 2.17. The van der Waals surface area contributed by atoms with Gasteiger partial charge in [-0.1, -0.05) is 24.4 Å². The Hall–Kier alpha value is -1.28. The molecule has 0 fully saturated rings. The maximum Gasteiger partial charge on any atom is 0.240 e. The Balaban J connectivity index is 2.21. The summed E-state index contributed by atoms with van der Waals surface area (Å²) < 4.78 is 27.0. The number of hydrogen-bond donors (Lipinski definition) is 2. The zero-order valence-corrected chi connectivity index (χ0v) is 13.2. The fourth-order valence-corrected chi connectivity index (χ4v) is 3.80. The quantitative estimate of drug-likeness (QED) is 0.826. The van der Waals surface area contributed by atoms with Crippen LogP contribution in [0.1, 0.15) is 16.0 Å². The van der Waals surface area contributed by atoms with Gasteiger partial charge in [0.25, 0.3) is 0 Å². The van der Waals surface area contributed by atoms with Gasteiger partial charge in [0.05, 0.1) is 4.90 Å². The summed E-state index contributed by atoms with van der Waals surface area (Å²) >= 11 is 6.41. The van der Waals surface area contributed by atoms with Gasteiger partial charge in [0.2, 0.25) is 10.0 Å². The first-order valence-electron chi connectivity index (χ1n) is 5.82. The van der Waals surface area contributed by atoms with Gasteiger partial charge in [-0.15, -0.1) is 11.3 Å². The molecule has 2 rings (SSSR count). The van der Waals surface area contributed by atoms with E-state index in [1.807, 2.05) is 17.5 Å². The summed E-state index contributed by atoms with van der Waals surface area (Å²) in [6.07, 6.45) is 0. The van der Waals surface area contributed by atoms with Crippen LogP contribution in [-0.2, 0) is 16.6 Å². The lowest BCUT2D eigenvalue weighted by atomic mass is 10.1. The number of nitrogens with two attached hydrogens (primary N) is 1. The summed E-state index contributed by atoms with van der Waals surface area (Å²) in [5.74, 6) is 0. The Morgan fingerprint density at radius 3 is 2.70 bits per heavy atom. The van der Waals surface area contributed by atoms with E-state index < -0.39 is 10.0 Å². The number of rotatable bonds is 5. The molecule has 1 aromatic heterocycles. The van der Waals surface area contributed by atoms with E-state index in [-0.39, 0.29) is 16.4 Å². The van der Waals surface area contributed by atoms with E-state index in [1.54, 1.807) is 19.1 Å². The lowest BCUT2D eigenvalue weighted by Crippen LogP contribution is -2.23. The topological polar surface area (TPSA) is 72.2 Å². The number of aryl methyl sites for hydroxylation is 1. The van der Waals surface area contributed by atoms with Crippen LogP contribution in [-0.4, -0.2) is 13.4 Å². The number of benzene rings is 1. The third kappa shape index (κ3) is 3.43. The molecule has 0 radical (unpaired) electrons. The third-order valence-corrected chi connectivity index (χ3v) is 5.29. The van der Waals surface area contributed by atoms with Crippen LogP contribution in [0.3, 0.4) is 0 Å². The molecular formula is C13H14N2O2S3. The van der Waals surface area contributed by atoms with Gasteiger partial charge >= 0.3 is 0 Å². The molecular weight excluding hydrogens is 312 g/mol. The molecule has 4 nitrogen and oxygen atoms in total. The van der Waals surface area contributed by atoms with Crippen molar-refractivity contribution in [1.82, 2.24) is 4.72 Å². The molecule has 1 heterocycles. The average Bonchev–Trinajstić information content (AvgIpc) is 2.89. The highest BCUT2D eigenvalue weighted by atomic mass is 32.2. The molecule has 0 aliphatic heterocycles. The molecule has 0 bridgehead atoms. The second-order valence-electron chi connectivity index (χ2n) is 4.24. The summed E-state index contributed by atoms with van der Waals surface area (Å²) in [5, 5.41) is 1.91. The SMILES string of the molecule is Cc1cc(S(=O)(=O)NCc2cccs2)ccc1C(N)=S. The molecule has 0 aliphatic rings. The highest BCUT2D eigenvalue weighted by molar-refractivity contribution is 7.89. The van der Waals surface area contributed by atoms with Gasteiger partial charge in [-0.25, -0.2) is 13.1 Å². The van der Waals surface area contributed by atoms with Crippen LogP contribution < -0.4 is 10.5 Å². The average molecular weight is 326 g/mol. The fourth-order valence-electron chi connectivity index (χ4n) is 1.74. The van der Waals surface area contributed by atoms with E-state index in [0.29, 0.717) is 5.56 Å². The van der Waals surface area contributed by atoms with E-state index in [9.17, 15) is 8.42 Å². The summed E-state index contributed by atoms with van der Waals surface area (Å²) in [5.41, 5.74) is 7.00. The highest BCUT2D eigenvalue weighted by Crippen LogP contribution is 2.16. The number of thiophene rings is 1. The van der Waals surface area contributed by atoms with Crippen molar-refractivity contribution in [1.29, 1.82) is 0 Å². The first-order valence-corrected chi connectivity index (χ1v) is 8.60. The Morgan fingerprint density at radius 1 is 1.40 bits per heavy atom. The molecule has 0 saturated heterocycles. The number of nitrogens with one attached hydrogen (secondary N) is 1. The van der Waals surface area contributed by atoms with Gasteiger partial charge in [0.1, 0.15) is 4.99 Å². The van der Waals surface area contributed by atoms with E-state index in [2.05, 4.69) is 4.72 Å². The van der Waals surface area contributed by atoms with Gasteiger partial charge < -0.3 is 5.73 Å². The van der Waals surface area contributed by atoms with Crippen LogP contribution in [0.25, 0.3) is 0 Å². The number of thiocarbonyl (C=S) groups is 1. The van der Waals surface area contributed by atoms with Crippen LogP contribution in [0.2, 0.25) is 0 Å².